The van der Waals surface area contributed by atoms with Crippen LogP contribution in [0.3, 0.4) is 0 Å². The van der Waals surface area contributed by atoms with Crippen molar-refractivity contribution < 1.29 is 13.5 Å². The van der Waals surface area contributed by atoms with E-state index in [1.54, 1.807) is 37.6 Å². The lowest BCUT2D eigenvalue weighted by Gasteiger charge is -2.47. The molecule has 0 aliphatic heterocycles. The van der Waals surface area contributed by atoms with Gasteiger partial charge < -0.3 is 15.0 Å². The van der Waals surface area contributed by atoms with Crippen molar-refractivity contribution in [2.75, 3.05) is 12.4 Å². The summed E-state index contributed by atoms with van der Waals surface area (Å²) >= 11 is 0. The number of methoxy groups -OCH3 is 1. The number of benzene rings is 1. The maximum Gasteiger partial charge on any atom is 0.191 e. The van der Waals surface area contributed by atoms with Crippen LogP contribution >= 0.6 is 0 Å². The fraction of sp³-hybridized carbons (Fsp3) is 0.370. The quantitative estimate of drug-likeness (QED) is 0.359. The Morgan fingerprint density at radius 2 is 1.77 bits per heavy atom. The SMILES string of the molecule is COc1ccc(-c2nc(-c3c[nH]c4ncc(F)cc34)nc(NC3C4CCC(CC4)C3C)c2F)cc1. The minimum absolute atomic E-state index is 0.158. The summed E-state index contributed by atoms with van der Waals surface area (Å²) in [5.74, 6) is 1.83. The molecule has 0 radical (unpaired) electrons. The summed E-state index contributed by atoms with van der Waals surface area (Å²) in [6, 6.07) is 8.65. The van der Waals surface area contributed by atoms with Gasteiger partial charge in [0.1, 0.15) is 22.9 Å². The van der Waals surface area contributed by atoms with Crippen LogP contribution in [0, 0.1) is 29.4 Å². The summed E-state index contributed by atoms with van der Waals surface area (Å²) in [4.78, 5) is 16.4. The Morgan fingerprint density at radius 1 is 1.03 bits per heavy atom. The fourth-order valence-corrected chi connectivity index (χ4v) is 5.93. The van der Waals surface area contributed by atoms with Crippen molar-refractivity contribution >= 4 is 16.9 Å². The zero-order valence-corrected chi connectivity index (χ0v) is 19.7. The Balaban J connectivity index is 1.48. The zero-order valence-electron chi connectivity index (χ0n) is 19.7. The molecule has 3 saturated carbocycles. The first-order valence-corrected chi connectivity index (χ1v) is 12.1. The van der Waals surface area contributed by atoms with Gasteiger partial charge >= 0.3 is 0 Å². The molecule has 3 aliphatic rings. The third kappa shape index (κ3) is 3.81. The van der Waals surface area contributed by atoms with Crippen molar-refractivity contribution in [3.8, 4) is 28.4 Å². The highest BCUT2D eigenvalue weighted by molar-refractivity contribution is 5.92. The molecule has 35 heavy (non-hydrogen) atoms. The molecule has 3 aliphatic carbocycles. The number of hydrogen-bond donors (Lipinski definition) is 2. The van der Waals surface area contributed by atoms with Crippen LogP contribution in [-0.4, -0.2) is 33.1 Å². The predicted octanol–water partition coefficient (Wildman–Crippen LogP) is 6.21. The summed E-state index contributed by atoms with van der Waals surface area (Å²) < 4.78 is 35.2. The molecule has 3 aromatic heterocycles. The molecule has 0 amide bonds. The zero-order chi connectivity index (χ0) is 24.1. The summed E-state index contributed by atoms with van der Waals surface area (Å²) in [5.41, 5.74) is 1.89. The van der Waals surface area contributed by atoms with Gasteiger partial charge in [-0.05, 0) is 73.8 Å². The van der Waals surface area contributed by atoms with Gasteiger partial charge in [-0.1, -0.05) is 6.92 Å². The first-order chi connectivity index (χ1) is 17.0. The van der Waals surface area contributed by atoms with Crippen LogP contribution < -0.4 is 10.1 Å². The second-order valence-corrected chi connectivity index (χ2v) is 9.74. The van der Waals surface area contributed by atoms with Crippen LogP contribution in [-0.2, 0) is 0 Å². The minimum Gasteiger partial charge on any atom is -0.497 e. The molecule has 3 fully saturated rings. The number of anilines is 1. The lowest BCUT2D eigenvalue weighted by molar-refractivity contribution is 0.0926. The maximum absolute atomic E-state index is 16.0. The number of ether oxygens (including phenoxy) is 1. The number of rotatable bonds is 5. The van der Waals surface area contributed by atoms with Gasteiger partial charge in [-0.25, -0.2) is 23.7 Å². The monoisotopic (exact) mass is 475 g/mol. The van der Waals surface area contributed by atoms with E-state index in [2.05, 4.69) is 32.2 Å². The number of aromatic amines is 1. The molecule has 4 aromatic rings. The Bertz CT molecular complexity index is 1380. The molecule has 0 saturated heterocycles. The third-order valence-corrected chi connectivity index (χ3v) is 7.89. The lowest BCUT2D eigenvalue weighted by atomic mass is 9.62. The van der Waals surface area contributed by atoms with Gasteiger partial charge in [-0.2, -0.15) is 0 Å². The predicted molar refractivity (Wildman–Crippen MR) is 131 cm³/mol. The molecule has 2 unspecified atom stereocenters. The van der Waals surface area contributed by atoms with Crippen molar-refractivity contribution in [1.29, 1.82) is 0 Å². The van der Waals surface area contributed by atoms with E-state index in [0.717, 1.165) is 19.0 Å². The largest absolute Gasteiger partial charge is 0.497 e. The van der Waals surface area contributed by atoms with E-state index >= 15 is 4.39 Å². The van der Waals surface area contributed by atoms with E-state index in [9.17, 15) is 4.39 Å². The summed E-state index contributed by atoms with van der Waals surface area (Å²) in [7, 11) is 1.59. The molecular formula is C27H27F2N5O. The fourth-order valence-electron chi connectivity index (χ4n) is 5.93. The van der Waals surface area contributed by atoms with E-state index in [4.69, 9.17) is 4.74 Å². The number of aromatic nitrogens is 4. The van der Waals surface area contributed by atoms with Crippen LogP contribution in [0.5, 0.6) is 5.75 Å². The van der Waals surface area contributed by atoms with Gasteiger partial charge in [0.25, 0.3) is 0 Å². The molecule has 1 aromatic carbocycles. The topological polar surface area (TPSA) is 75.7 Å². The summed E-state index contributed by atoms with van der Waals surface area (Å²) in [6.45, 7) is 2.26. The molecule has 8 heteroatoms. The number of pyridine rings is 1. The average molecular weight is 476 g/mol. The third-order valence-electron chi connectivity index (χ3n) is 7.89. The van der Waals surface area contributed by atoms with Crippen LogP contribution in [0.1, 0.15) is 32.6 Å². The average Bonchev–Trinajstić information content (AvgIpc) is 3.30. The smallest absolute Gasteiger partial charge is 0.191 e. The van der Waals surface area contributed by atoms with Crippen LogP contribution in [0.4, 0.5) is 14.6 Å². The van der Waals surface area contributed by atoms with E-state index in [-0.39, 0.29) is 17.6 Å². The Labute approximate surface area is 202 Å². The Morgan fingerprint density at radius 3 is 2.49 bits per heavy atom. The van der Waals surface area contributed by atoms with E-state index in [1.165, 1.54) is 18.9 Å². The molecule has 180 valence electrons. The van der Waals surface area contributed by atoms with Crippen molar-refractivity contribution in [2.45, 2.75) is 38.6 Å². The minimum atomic E-state index is -0.489. The second-order valence-electron chi connectivity index (χ2n) is 9.74. The van der Waals surface area contributed by atoms with Gasteiger partial charge in [0.15, 0.2) is 17.5 Å². The van der Waals surface area contributed by atoms with Crippen LogP contribution in [0.2, 0.25) is 0 Å². The molecule has 0 spiro atoms. The molecule has 2 N–H and O–H groups in total. The highest BCUT2D eigenvalue weighted by Crippen LogP contribution is 2.46. The number of nitrogens with zero attached hydrogens (tertiary/aromatic N) is 3. The van der Waals surface area contributed by atoms with Gasteiger partial charge in [0.2, 0.25) is 0 Å². The van der Waals surface area contributed by atoms with Crippen molar-refractivity contribution in [3.05, 3.63) is 54.4 Å². The summed E-state index contributed by atoms with van der Waals surface area (Å²) in [6.07, 6.45) is 7.65. The van der Waals surface area contributed by atoms with Gasteiger partial charge in [0, 0.05) is 28.8 Å². The highest BCUT2D eigenvalue weighted by Gasteiger charge is 2.41. The van der Waals surface area contributed by atoms with Crippen LogP contribution in [0.25, 0.3) is 33.7 Å². The molecule has 2 atom stereocenters. The van der Waals surface area contributed by atoms with E-state index in [1.807, 2.05) is 0 Å². The van der Waals surface area contributed by atoms with Gasteiger partial charge in [-0.3, -0.25) is 0 Å². The Kier molecular flexibility index (Phi) is 5.39. The number of fused-ring (bicyclic) bond motifs is 4. The van der Waals surface area contributed by atoms with Gasteiger partial charge in [-0.15, -0.1) is 0 Å². The molecule has 7 rings (SSSR count). The van der Waals surface area contributed by atoms with E-state index < -0.39 is 11.6 Å². The first-order valence-electron chi connectivity index (χ1n) is 12.1. The van der Waals surface area contributed by atoms with E-state index in [0.29, 0.717) is 51.5 Å². The van der Waals surface area contributed by atoms with Crippen molar-refractivity contribution in [2.24, 2.45) is 17.8 Å². The normalized spacial score (nSPS) is 23.5. The second kappa shape index (κ2) is 8.59. The van der Waals surface area contributed by atoms with Crippen molar-refractivity contribution in [3.63, 3.8) is 0 Å². The lowest BCUT2D eigenvalue weighted by Crippen LogP contribution is -2.47. The highest BCUT2D eigenvalue weighted by atomic mass is 19.1. The number of nitrogens with one attached hydrogen (secondary N) is 2. The number of halogens is 2. The van der Waals surface area contributed by atoms with Crippen molar-refractivity contribution in [1.82, 2.24) is 19.9 Å². The van der Waals surface area contributed by atoms with Crippen LogP contribution in [0.15, 0.2) is 42.7 Å². The van der Waals surface area contributed by atoms with Gasteiger partial charge in [0.05, 0.1) is 13.3 Å². The molecule has 6 nitrogen and oxygen atoms in total. The summed E-state index contributed by atoms with van der Waals surface area (Å²) in [5, 5.41) is 4.02. The maximum atomic E-state index is 16.0. The number of hydrogen-bond acceptors (Lipinski definition) is 5. The molecule has 3 heterocycles. The molecule has 2 bridgehead atoms. The Hall–Kier alpha value is -3.55. The first kappa shape index (κ1) is 21.9. The standard InChI is InChI=1S/C27H27F2N5O/c1-14-15-3-5-16(6-4-15)23(14)32-27-22(29)24(17-7-9-19(35-2)10-8-17)33-26(34-27)21-13-31-25-20(21)11-18(28)12-30-25/h7-16,23H,3-6H2,1-2H3,(H,30,31)(H,32,33,34). The number of H-pyrrole nitrogens is 1. The molecular weight excluding hydrogens is 448 g/mol.